The van der Waals surface area contributed by atoms with E-state index in [2.05, 4.69) is 10.3 Å². The van der Waals surface area contributed by atoms with Crippen LogP contribution in [0.15, 0.2) is 6.20 Å². The normalized spacial score (nSPS) is 17.8. The standard InChI is InChI=1S/C10H18N4/c11-6-5-10-8-14(13-12-10)7-9-3-1-2-4-9/h8-9H,1-7,11H2. The SMILES string of the molecule is NCCc1cn(CC2CCCC2)nn1. The van der Waals surface area contributed by atoms with Gasteiger partial charge >= 0.3 is 0 Å². The number of hydrogen-bond acceptors (Lipinski definition) is 3. The Labute approximate surface area is 84.5 Å². The lowest BCUT2D eigenvalue weighted by molar-refractivity contribution is 0.421. The van der Waals surface area contributed by atoms with Crippen molar-refractivity contribution in [1.29, 1.82) is 0 Å². The summed E-state index contributed by atoms with van der Waals surface area (Å²) in [6.45, 7) is 1.69. The minimum Gasteiger partial charge on any atom is -0.330 e. The third-order valence-electron chi connectivity index (χ3n) is 2.91. The molecule has 78 valence electrons. The maximum absolute atomic E-state index is 5.46. The maximum atomic E-state index is 5.46. The van der Waals surface area contributed by atoms with Crippen molar-refractivity contribution in [2.45, 2.75) is 38.6 Å². The molecule has 4 heteroatoms. The highest BCUT2D eigenvalue weighted by molar-refractivity contribution is 4.92. The van der Waals surface area contributed by atoms with E-state index in [1.54, 1.807) is 0 Å². The molecule has 1 saturated carbocycles. The van der Waals surface area contributed by atoms with Crippen LogP contribution >= 0.6 is 0 Å². The Morgan fingerprint density at radius 3 is 2.93 bits per heavy atom. The van der Waals surface area contributed by atoms with Gasteiger partial charge in [-0.2, -0.15) is 0 Å². The molecule has 1 heterocycles. The number of hydrogen-bond donors (Lipinski definition) is 1. The molecule has 2 N–H and O–H groups in total. The predicted molar refractivity (Wildman–Crippen MR) is 54.7 cm³/mol. The lowest BCUT2D eigenvalue weighted by atomic mass is 10.1. The van der Waals surface area contributed by atoms with E-state index in [0.717, 1.165) is 24.6 Å². The van der Waals surface area contributed by atoms with E-state index < -0.39 is 0 Å². The summed E-state index contributed by atoms with van der Waals surface area (Å²) in [5, 5.41) is 8.19. The fraction of sp³-hybridized carbons (Fsp3) is 0.800. The van der Waals surface area contributed by atoms with E-state index in [0.29, 0.717) is 6.54 Å². The molecular weight excluding hydrogens is 176 g/mol. The van der Waals surface area contributed by atoms with Crippen LogP contribution in [0.2, 0.25) is 0 Å². The van der Waals surface area contributed by atoms with E-state index in [1.807, 2.05) is 10.9 Å². The van der Waals surface area contributed by atoms with Crippen molar-refractivity contribution in [1.82, 2.24) is 15.0 Å². The Hall–Kier alpha value is -0.900. The van der Waals surface area contributed by atoms with Crippen LogP contribution in [0.25, 0.3) is 0 Å². The average molecular weight is 194 g/mol. The number of nitrogens with zero attached hydrogens (tertiary/aromatic N) is 3. The first-order valence-corrected chi connectivity index (χ1v) is 5.47. The molecule has 0 amide bonds. The Morgan fingerprint density at radius 2 is 2.21 bits per heavy atom. The van der Waals surface area contributed by atoms with Gasteiger partial charge in [0.25, 0.3) is 0 Å². The number of aromatic nitrogens is 3. The molecule has 1 aromatic heterocycles. The molecule has 14 heavy (non-hydrogen) atoms. The van der Waals surface area contributed by atoms with Crippen LogP contribution in [0.1, 0.15) is 31.4 Å². The predicted octanol–water partition coefficient (Wildman–Crippen LogP) is 0.969. The fourth-order valence-electron chi connectivity index (χ4n) is 2.15. The minimum absolute atomic E-state index is 0.655. The average Bonchev–Trinajstić information content (AvgIpc) is 2.79. The van der Waals surface area contributed by atoms with E-state index >= 15 is 0 Å². The molecule has 1 fully saturated rings. The number of nitrogens with two attached hydrogens (primary N) is 1. The molecule has 0 atom stereocenters. The Bertz CT molecular complexity index is 275. The summed E-state index contributed by atoms with van der Waals surface area (Å²) >= 11 is 0. The van der Waals surface area contributed by atoms with Crippen LogP contribution in [0.5, 0.6) is 0 Å². The van der Waals surface area contributed by atoms with Crippen molar-refractivity contribution in [2.24, 2.45) is 11.7 Å². The molecule has 1 aromatic rings. The zero-order valence-electron chi connectivity index (χ0n) is 8.52. The van der Waals surface area contributed by atoms with Crippen molar-refractivity contribution in [2.75, 3.05) is 6.54 Å². The van der Waals surface area contributed by atoms with Gasteiger partial charge in [0, 0.05) is 19.2 Å². The molecule has 0 aromatic carbocycles. The van der Waals surface area contributed by atoms with Crippen LogP contribution in [-0.4, -0.2) is 21.5 Å². The minimum atomic E-state index is 0.655. The molecule has 0 unspecified atom stereocenters. The van der Waals surface area contributed by atoms with Gasteiger partial charge in [0.2, 0.25) is 0 Å². The molecular formula is C10H18N4. The Morgan fingerprint density at radius 1 is 1.43 bits per heavy atom. The van der Waals surface area contributed by atoms with Gasteiger partial charge in [0.1, 0.15) is 0 Å². The second-order valence-electron chi connectivity index (χ2n) is 4.12. The summed E-state index contributed by atoms with van der Waals surface area (Å²) in [4.78, 5) is 0. The zero-order valence-corrected chi connectivity index (χ0v) is 8.52. The van der Waals surface area contributed by atoms with Crippen LogP contribution in [-0.2, 0) is 13.0 Å². The first-order chi connectivity index (χ1) is 6.88. The van der Waals surface area contributed by atoms with Gasteiger partial charge in [0.15, 0.2) is 0 Å². The lowest BCUT2D eigenvalue weighted by Gasteiger charge is -2.06. The second kappa shape index (κ2) is 4.55. The van der Waals surface area contributed by atoms with E-state index in [9.17, 15) is 0 Å². The van der Waals surface area contributed by atoms with Gasteiger partial charge < -0.3 is 5.73 Å². The van der Waals surface area contributed by atoms with Crippen molar-refractivity contribution in [3.8, 4) is 0 Å². The van der Waals surface area contributed by atoms with Crippen LogP contribution in [0.4, 0.5) is 0 Å². The highest BCUT2D eigenvalue weighted by atomic mass is 15.4. The smallest absolute Gasteiger partial charge is 0.0839 e. The van der Waals surface area contributed by atoms with E-state index in [4.69, 9.17) is 5.73 Å². The van der Waals surface area contributed by atoms with E-state index in [1.165, 1.54) is 25.7 Å². The van der Waals surface area contributed by atoms with Crippen molar-refractivity contribution >= 4 is 0 Å². The topological polar surface area (TPSA) is 56.7 Å². The highest BCUT2D eigenvalue weighted by Crippen LogP contribution is 2.25. The van der Waals surface area contributed by atoms with Gasteiger partial charge in [-0.1, -0.05) is 18.1 Å². The maximum Gasteiger partial charge on any atom is 0.0839 e. The fourth-order valence-corrected chi connectivity index (χ4v) is 2.15. The molecule has 1 aliphatic carbocycles. The van der Waals surface area contributed by atoms with Gasteiger partial charge in [0.05, 0.1) is 5.69 Å². The number of rotatable bonds is 4. The highest BCUT2D eigenvalue weighted by Gasteiger charge is 2.15. The second-order valence-corrected chi connectivity index (χ2v) is 4.12. The van der Waals surface area contributed by atoms with Crippen molar-refractivity contribution in [3.05, 3.63) is 11.9 Å². The summed E-state index contributed by atoms with van der Waals surface area (Å²) in [5.41, 5.74) is 6.48. The summed E-state index contributed by atoms with van der Waals surface area (Å²) < 4.78 is 1.97. The van der Waals surface area contributed by atoms with Crippen LogP contribution in [0, 0.1) is 5.92 Å². The Kier molecular flexibility index (Phi) is 3.14. The lowest BCUT2D eigenvalue weighted by Crippen LogP contribution is -2.07. The summed E-state index contributed by atoms with van der Waals surface area (Å²) in [5.74, 6) is 0.822. The van der Waals surface area contributed by atoms with Crippen molar-refractivity contribution < 1.29 is 0 Å². The monoisotopic (exact) mass is 194 g/mol. The molecule has 0 aliphatic heterocycles. The third kappa shape index (κ3) is 2.32. The van der Waals surface area contributed by atoms with E-state index in [-0.39, 0.29) is 0 Å². The summed E-state index contributed by atoms with van der Waals surface area (Å²) in [6.07, 6.45) is 8.35. The van der Waals surface area contributed by atoms with Crippen LogP contribution < -0.4 is 5.73 Å². The zero-order chi connectivity index (χ0) is 9.80. The van der Waals surface area contributed by atoms with Gasteiger partial charge in [-0.05, 0) is 25.3 Å². The molecule has 2 rings (SSSR count). The largest absolute Gasteiger partial charge is 0.330 e. The van der Waals surface area contributed by atoms with Gasteiger partial charge in [-0.3, -0.25) is 4.68 Å². The first kappa shape index (κ1) is 9.65. The van der Waals surface area contributed by atoms with Crippen LogP contribution in [0.3, 0.4) is 0 Å². The van der Waals surface area contributed by atoms with Crippen molar-refractivity contribution in [3.63, 3.8) is 0 Å². The summed E-state index contributed by atoms with van der Waals surface area (Å²) in [7, 11) is 0. The van der Waals surface area contributed by atoms with Gasteiger partial charge in [-0.25, -0.2) is 0 Å². The Balaban J connectivity index is 1.88. The molecule has 0 radical (unpaired) electrons. The molecule has 0 saturated heterocycles. The quantitative estimate of drug-likeness (QED) is 0.777. The molecule has 0 bridgehead atoms. The first-order valence-electron chi connectivity index (χ1n) is 5.47. The third-order valence-corrected chi connectivity index (χ3v) is 2.91. The molecule has 0 spiro atoms. The summed E-state index contributed by atoms with van der Waals surface area (Å²) in [6, 6.07) is 0. The molecule has 4 nitrogen and oxygen atoms in total. The molecule has 1 aliphatic rings. The van der Waals surface area contributed by atoms with Gasteiger partial charge in [-0.15, -0.1) is 5.10 Å².